The first kappa shape index (κ1) is 14.4. The number of carbonyl (C=O) groups excluding carboxylic acids is 1. The van der Waals surface area contributed by atoms with Crippen LogP contribution in [0.4, 0.5) is 5.69 Å². The Morgan fingerprint density at radius 3 is 2.37 bits per heavy atom. The van der Waals surface area contributed by atoms with Crippen LogP contribution in [0.5, 0.6) is 0 Å². The van der Waals surface area contributed by atoms with E-state index in [0.29, 0.717) is 5.92 Å². The largest absolute Gasteiger partial charge is 0.373 e. The molecule has 1 aromatic rings. The van der Waals surface area contributed by atoms with Crippen LogP contribution < -0.4 is 11.1 Å². The van der Waals surface area contributed by atoms with E-state index in [1.807, 2.05) is 24.3 Å². The van der Waals surface area contributed by atoms with Crippen LogP contribution in [0.1, 0.15) is 32.6 Å². The van der Waals surface area contributed by atoms with E-state index in [0.717, 1.165) is 28.9 Å². The number of nitrogens with two attached hydrogens (primary N) is 1. The highest BCUT2D eigenvalue weighted by Gasteiger charge is 2.29. The monoisotopic (exact) mass is 324 g/mol. The molecule has 0 aliphatic heterocycles. The Bertz CT molecular complexity index is 424. The summed E-state index contributed by atoms with van der Waals surface area (Å²) in [5.41, 5.74) is 6.52. The van der Waals surface area contributed by atoms with Crippen molar-refractivity contribution in [2.24, 2.45) is 17.6 Å². The lowest BCUT2D eigenvalue weighted by Gasteiger charge is -2.32. The van der Waals surface area contributed by atoms with Crippen LogP contribution in [0.2, 0.25) is 0 Å². The second-order valence-corrected chi connectivity index (χ2v) is 6.47. The number of anilines is 1. The summed E-state index contributed by atoms with van der Waals surface area (Å²) in [5.74, 6) is 0.886. The lowest BCUT2D eigenvalue weighted by atomic mass is 9.79. The van der Waals surface area contributed by atoms with Gasteiger partial charge in [0, 0.05) is 10.2 Å². The lowest BCUT2D eigenvalue weighted by Crippen LogP contribution is -2.42. The molecule has 0 spiro atoms. The molecule has 1 atom stereocenters. The number of hydrogen-bond donors (Lipinski definition) is 2. The van der Waals surface area contributed by atoms with Gasteiger partial charge in [0.15, 0.2) is 0 Å². The standard InChI is InChI=1S/C15H21BrN2O/c1-10-2-4-11(5-3-10)14(15(17)19)18-13-8-6-12(16)7-9-13/h6-11,14,18H,2-5H2,1H3,(H2,17,19). The zero-order valence-corrected chi connectivity index (χ0v) is 12.8. The van der Waals surface area contributed by atoms with Crippen LogP contribution in [0.15, 0.2) is 28.7 Å². The van der Waals surface area contributed by atoms with Gasteiger partial charge in [-0.1, -0.05) is 35.7 Å². The maximum Gasteiger partial charge on any atom is 0.240 e. The summed E-state index contributed by atoms with van der Waals surface area (Å²) in [6, 6.07) is 7.59. The molecule has 19 heavy (non-hydrogen) atoms. The van der Waals surface area contributed by atoms with E-state index in [1.165, 1.54) is 12.8 Å². The van der Waals surface area contributed by atoms with Gasteiger partial charge in [0.05, 0.1) is 0 Å². The summed E-state index contributed by atoms with van der Waals surface area (Å²) in [4.78, 5) is 11.7. The maximum absolute atomic E-state index is 11.7. The molecule has 1 aliphatic carbocycles. The second kappa shape index (κ2) is 6.42. The highest BCUT2D eigenvalue weighted by atomic mass is 79.9. The quantitative estimate of drug-likeness (QED) is 0.889. The number of benzene rings is 1. The Labute approximate surface area is 123 Å². The molecule has 0 bridgehead atoms. The average molecular weight is 325 g/mol. The molecule has 0 radical (unpaired) electrons. The summed E-state index contributed by atoms with van der Waals surface area (Å²) in [6.45, 7) is 2.28. The third kappa shape index (κ3) is 3.96. The normalized spacial score (nSPS) is 24.7. The highest BCUT2D eigenvalue weighted by molar-refractivity contribution is 9.10. The highest BCUT2D eigenvalue weighted by Crippen LogP contribution is 2.31. The number of carbonyl (C=O) groups is 1. The van der Waals surface area contributed by atoms with Gasteiger partial charge >= 0.3 is 0 Å². The van der Waals surface area contributed by atoms with Crippen molar-refractivity contribution in [3.63, 3.8) is 0 Å². The Balaban J connectivity index is 2.04. The number of hydrogen-bond acceptors (Lipinski definition) is 2. The number of halogens is 1. The Morgan fingerprint density at radius 2 is 1.84 bits per heavy atom. The zero-order chi connectivity index (χ0) is 13.8. The second-order valence-electron chi connectivity index (χ2n) is 5.55. The minimum atomic E-state index is -0.256. The zero-order valence-electron chi connectivity index (χ0n) is 11.2. The minimum absolute atomic E-state index is 0.248. The van der Waals surface area contributed by atoms with Gasteiger partial charge in [-0.2, -0.15) is 0 Å². The Kier molecular flexibility index (Phi) is 4.86. The van der Waals surface area contributed by atoms with Crippen LogP contribution in [-0.4, -0.2) is 11.9 Å². The van der Waals surface area contributed by atoms with Gasteiger partial charge in [-0.15, -0.1) is 0 Å². The number of rotatable bonds is 4. The van der Waals surface area contributed by atoms with Crippen LogP contribution in [-0.2, 0) is 4.79 Å². The fourth-order valence-electron chi connectivity index (χ4n) is 2.77. The van der Waals surface area contributed by atoms with E-state index in [9.17, 15) is 4.79 Å². The van der Waals surface area contributed by atoms with Crippen molar-refractivity contribution in [3.05, 3.63) is 28.7 Å². The summed E-state index contributed by atoms with van der Waals surface area (Å²) < 4.78 is 1.03. The van der Waals surface area contributed by atoms with Gasteiger partial charge in [-0.25, -0.2) is 0 Å². The first-order valence-electron chi connectivity index (χ1n) is 6.87. The van der Waals surface area contributed by atoms with Crippen molar-refractivity contribution in [1.82, 2.24) is 0 Å². The molecule has 0 saturated heterocycles. The molecule has 1 aliphatic rings. The molecule has 4 heteroatoms. The molecule has 104 valence electrons. The minimum Gasteiger partial charge on any atom is -0.373 e. The van der Waals surface area contributed by atoms with E-state index in [1.54, 1.807) is 0 Å². The van der Waals surface area contributed by atoms with E-state index in [2.05, 4.69) is 28.2 Å². The summed E-state index contributed by atoms with van der Waals surface area (Å²) in [5, 5.41) is 3.29. The molecule has 1 unspecified atom stereocenters. The third-order valence-electron chi connectivity index (χ3n) is 4.00. The first-order valence-corrected chi connectivity index (χ1v) is 7.67. The fourth-order valence-corrected chi connectivity index (χ4v) is 3.03. The van der Waals surface area contributed by atoms with Gasteiger partial charge in [0.2, 0.25) is 5.91 Å². The average Bonchev–Trinajstić information content (AvgIpc) is 2.39. The molecule has 1 aromatic carbocycles. The molecule has 3 N–H and O–H groups in total. The van der Waals surface area contributed by atoms with Crippen LogP contribution in [0, 0.1) is 11.8 Å². The van der Waals surface area contributed by atoms with Gasteiger partial charge in [0.1, 0.15) is 6.04 Å². The molecule has 0 heterocycles. The Morgan fingerprint density at radius 1 is 1.26 bits per heavy atom. The van der Waals surface area contributed by atoms with Crippen molar-refractivity contribution in [3.8, 4) is 0 Å². The fraction of sp³-hybridized carbons (Fsp3) is 0.533. The topological polar surface area (TPSA) is 55.1 Å². The van der Waals surface area contributed by atoms with Crippen molar-refractivity contribution < 1.29 is 4.79 Å². The molecular weight excluding hydrogens is 304 g/mol. The van der Waals surface area contributed by atoms with Crippen molar-refractivity contribution in [2.45, 2.75) is 38.6 Å². The van der Waals surface area contributed by atoms with Crippen molar-refractivity contribution in [2.75, 3.05) is 5.32 Å². The van der Waals surface area contributed by atoms with Gasteiger partial charge in [-0.3, -0.25) is 4.79 Å². The predicted molar refractivity (Wildman–Crippen MR) is 81.9 cm³/mol. The van der Waals surface area contributed by atoms with Crippen LogP contribution >= 0.6 is 15.9 Å². The first-order chi connectivity index (χ1) is 9.06. The maximum atomic E-state index is 11.7. The smallest absolute Gasteiger partial charge is 0.240 e. The summed E-state index contributed by atoms with van der Waals surface area (Å²) in [7, 11) is 0. The Hall–Kier alpha value is -1.03. The lowest BCUT2D eigenvalue weighted by molar-refractivity contribution is -0.120. The summed E-state index contributed by atoms with van der Waals surface area (Å²) >= 11 is 3.40. The van der Waals surface area contributed by atoms with E-state index < -0.39 is 0 Å². The van der Waals surface area contributed by atoms with Crippen LogP contribution in [0.3, 0.4) is 0 Å². The SMILES string of the molecule is CC1CCC(C(Nc2ccc(Br)cc2)C(N)=O)CC1. The molecule has 1 saturated carbocycles. The van der Waals surface area contributed by atoms with Crippen molar-refractivity contribution in [1.29, 1.82) is 0 Å². The molecule has 1 fully saturated rings. The van der Waals surface area contributed by atoms with Gasteiger partial charge < -0.3 is 11.1 Å². The van der Waals surface area contributed by atoms with Gasteiger partial charge in [-0.05, 0) is 48.9 Å². The van der Waals surface area contributed by atoms with E-state index >= 15 is 0 Å². The van der Waals surface area contributed by atoms with Gasteiger partial charge in [0.25, 0.3) is 0 Å². The molecule has 1 amide bonds. The molecule has 0 aromatic heterocycles. The van der Waals surface area contributed by atoms with E-state index in [-0.39, 0.29) is 11.9 Å². The van der Waals surface area contributed by atoms with E-state index in [4.69, 9.17) is 5.73 Å². The third-order valence-corrected chi connectivity index (χ3v) is 4.53. The summed E-state index contributed by atoms with van der Waals surface area (Å²) in [6.07, 6.45) is 4.55. The number of primary amides is 1. The number of amides is 1. The predicted octanol–water partition coefficient (Wildman–Crippen LogP) is 3.54. The number of nitrogens with one attached hydrogen (secondary N) is 1. The van der Waals surface area contributed by atoms with Crippen LogP contribution in [0.25, 0.3) is 0 Å². The molecule has 3 nitrogen and oxygen atoms in total. The molecular formula is C15H21BrN2O. The molecule has 2 rings (SSSR count). The van der Waals surface area contributed by atoms with Crippen molar-refractivity contribution >= 4 is 27.5 Å².